The van der Waals surface area contributed by atoms with Crippen LogP contribution in [0.4, 0.5) is 0 Å². The zero-order chi connectivity index (χ0) is 11.0. The van der Waals surface area contributed by atoms with Crippen molar-refractivity contribution in [1.82, 2.24) is 0 Å². The molecule has 0 N–H and O–H groups in total. The lowest BCUT2D eigenvalue weighted by molar-refractivity contribution is -0.136. The highest BCUT2D eigenvalue weighted by atomic mass is 127. The maximum atomic E-state index is 11.5. The minimum absolute atomic E-state index is 0.175. The van der Waals surface area contributed by atoms with Gasteiger partial charge < -0.3 is 4.74 Å². The molecule has 0 unspecified atom stereocenters. The number of hydrogen-bond donors (Lipinski definition) is 0. The van der Waals surface area contributed by atoms with Crippen molar-refractivity contribution in [2.45, 2.75) is 26.2 Å². The summed E-state index contributed by atoms with van der Waals surface area (Å²) in [5.41, 5.74) is 2.38. The van der Waals surface area contributed by atoms with E-state index >= 15 is 0 Å². The van der Waals surface area contributed by atoms with Crippen molar-refractivity contribution in [1.29, 1.82) is 0 Å². The van der Waals surface area contributed by atoms with E-state index in [1.807, 2.05) is 6.08 Å². The third-order valence-electron chi connectivity index (χ3n) is 3.14. The molecule has 82 valence electrons. The summed E-state index contributed by atoms with van der Waals surface area (Å²) in [6.07, 6.45) is 5.70. The normalized spacial score (nSPS) is 26.3. The molecule has 0 aliphatic heterocycles. The summed E-state index contributed by atoms with van der Waals surface area (Å²) in [5.74, 6) is 0.938. The molecule has 2 aliphatic rings. The topological polar surface area (TPSA) is 26.3 Å². The van der Waals surface area contributed by atoms with Gasteiger partial charge in [0.05, 0.1) is 7.11 Å². The van der Waals surface area contributed by atoms with Crippen molar-refractivity contribution in [3.05, 3.63) is 20.8 Å². The second-order valence-corrected chi connectivity index (χ2v) is 5.51. The SMILES string of the molecule is COC(=O)C1=CC(I)=C(C2CC2)C[C@@H]1C. The van der Waals surface area contributed by atoms with E-state index in [9.17, 15) is 4.79 Å². The van der Waals surface area contributed by atoms with Crippen molar-refractivity contribution in [2.75, 3.05) is 7.11 Å². The molecule has 0 aromatic heterocycles. The van der Waals surface area contributed by atoms with Gasteiger partial charge in [0.15, 0.2) is 0 Å². The van der Waals surface area contributed by atoms with E-state index in [-0.39, 0.29) is 5.97 Å². The number of hydrogen-bond acceptors (Lipinski definition) is 2. The van der Waals surface area contributed by atoms with Gasteiger partial charge >= 0.3 is 5.97 Å². The van der Waals surface area contributed by atoms with E-state index < -0.39 is 0 Å². The minimum atomic E-state index is -0.175. The predicted octanol–water partition coefficient (Wildman–Crippen LogP) is 3.22. The van der Waals surface area contributed by atoms with Gasteiger partial charge in [-0.3, -0.25) is 0 Å². The quantitative estimate of drug-likeness (QED) is 0.577. The Kier molecular flexibility index (Phi) is 3.19. The lowest BCUT2D eigenvalue weighted by Crippen LogP contribution is -2.16. The highest BCUT2D eigenvalue weighted by Gasteiger charge is 2.32. The Bertz CT molecular complexity index is 351. The van der Waals surface area contributed by atoms with E-state index in [0.717, 1.165) is 17.9 Å². The van der Waals surface area contributed by atoms with Gasteiger partial charge in [0.2, 0.25) is 0 Å². The molecule has 2 aliphatic carbocycles. The van der Waals surface area contributed by atoms with Crippen LogP contribution in [-0.4, -0.2) is 13.1 Å². The Morgan fingerprint density at radius 1 is 1.53 bits per heavy atom. The van der Waals surface area contributed by atoms with Crippen LogP contribution in [0, 0.1) is 11.8 Å². The summed E-state index contributed by atoms with van der Waals surface area (Å²) in [6, 6.07) is 0. The number of allylic oxidation sites excluding steroid dienone is 3. The average Bonchev–Trinajstić information content (AvgIpc) is 3.03. The molecule has 1 fully saturated rings. The predicted molar refractivity (Wildman–Crippen MR) is 67.7 cm³/mol. The van der Waals surface area contributed by atoms with Gasteiger partial charge in [-0.05, 0) is 59.8 Å². The summed E-state index contributed by atoms with van der Waals surface area (Å²) in [7, 11) is 1.45. The lowest BCUT2D eigenvalue weighted by atomic mass is 9.86. The molecule has 0 heterocycles. The van der Waals surface area contributed by atoms with Crippen molar-refractivity contribution in [3.63, 3.8) is 0 Å². The first-order chi connectivity index (χ1) is 7.13. The van der Waals surface area contributed by atoms with Crippen LogP contribution in [0.15, 0.2) is 20.8 Å². The summed E-state index contributed by atoms with van der Waals surface area (Å²) >= 11 is 2.34. The monoisotopic (exact) mass is 318 g/mol. The fourth-order valence-electron chi connectivity index (χ4n) is 2.08. The molecule has 1 atom stereocenters. The third kappa shape index (κ3) is 2.27. The molecule has 3 heteroatoms. The highest BCUT2D eigenvalue weighted by Crippen LogP contribution is 2.46. The van der Waals surface area contributed by atoms with Gasteiger partial charge in [0.1, 0.15) is 0 Å². The minimum Gasteiger partial charge on any atom is -0.466 e. The molecular weight excluding hydrogens is 303 g/mol. The van der Waals surface area contributed by atoms with Crippen LogP contribution in [0.25, 0.3) is 0 Å². The molecule has 0 aromatic carbocycles. The number of carbonyl (C=O) groups excluding carboxylic acids is 1. The third-order valence-corrected chi connectivity index (χ3v) is 4.14. The van der Waals surface area contributed by atoms with E-state index in [4.69, 9.17) is 4.74 Å². The fourth-order valence-corrected chi connectivity index (χ4v) is 3.08. The Morgan fingerprint density at radius 2 is 2.20 bits per heavy atom. The van der Waals surface area contributed by atoms with Crippen molar-refractivity contribution < 1.29 is 9.53 Å². The number of ether oxygens (including phenoxy) is 1. The first kappa shape index (κ1) is 11.2. The molecule has 0 amide bonds. The molecule has 1 saturated carbocycles. The molecule has 0 aromatic rings. The van der Waals surface area contributed by atoms with Crippen molar-refractivity contribution in [2.24, 2.45) is 11.8 Å². The largest absolute Gasteiger partial charge is 0.466 e. The summed E-state index contributed by atoms with van der Waals surface area (Å²) in [4.78, 5) is 11.5. The highest BCUT2D eigenvalue weighted by molar-refractivity contribution is 14.1. The van der Waals surface area contributed by atoms with Gasteiger partial charge in [-0.2, -0.15) is 0 Å². The molecule has 0 bridgehead atoms. The summed E-state index contributed by atoms with van der Waals surface area (Å²) in [6.45, 7) is 2.11. The average molecular weight is 318 g/mol. The maximum absolute atomic E-state index is 11.5. The van der Waals surface area contributed by atoms with Crippen LogP contribution in [-0.2, 0) is 9.53 Å². The van der Waals surface area contributed by atoms with Gasteiger partial charge in [0, 0.05) is 9.15 Å². The van der Waals surface area contributed by atoms with Crippen molar-refractivity contribution >= 4 is 28.6 Å². The van der Waals surface area contributed by atoms with Crippen LogP contribution in [0.2, 0.25) is 0 Å². The fraction of sp³-hybridized carbons (Fsp3) is 0.583. The Morgan fingerprint density at radius 3 is 2.73 bits per heavy atom. The number of esters is 1. The van der Waals surface area contributed by atoms with Crippen LogP contribution >= 0.6 is 22.6 Å². The standard InChI is InChI=1S/C12H15IO2/c1-7-5-10(8-3-4-8)11(13)6-9(7)12(14)15-2/h6-8H,3-5H2,1-2H3/t7-/m0/s1. The van der Waals surface area contributed by atoms with Crippen LogP contribution in [0.5, 0.6) is 0 Å². The van der Waals surface area contributed by atoms with E-state index in [1.165, 1.54) is 23.5 Å². The van der Waals surface area contributed by atoms with E-state index in [1.54, 1.807) is 5.57 Å². The number of rotatable bonds is 2. The first-order valence-electron chi connectivity index (χ1n) is 5.32. The second kappa shape index (κ2) is 4.28. The molecule has 0 saturated heterocycles. The zero-order valence-corrected chi connectivity index (χ0v) is 11.2. The zero-order valence-electron chi connectivity index (χ0n) is 9.05. The van der Waals surface area contributed by atoms with Gasteiger partial charge in [-0.15, -0.1) is 0 Å². The second-order valence-electron chi connectivity index (χ2n) is 4.34. The number of carbonyl (C=O) groups is 1. The van der Waals surface area contributed by atoms with E-state index in [2.05, 4.69) is 29.5 Å². The molecular formula is C12H15IO2. The van der Waals surface area contributed by atoms with E-state index in [0.29, 0.717) is 5.92 Å². The van der Waals surface area contributed by atoms with Gasteiger partial charge in [-0.25, -0.2) is 4.79 Å². The Balaban J connectivity index is 2.26. The molecule has 15 heavy (non-hydrogen) atoms. The number of halogens is 1. The van der Waals surface area contributed by atoms with Crippen LogP contribution < -0.4 is 0 Å². The van der Waals surface area contributed by atoms with Crippen molar-refractivity contribution in [3.8, 4) is 0 Å². The molecule has 2 nitrogen and oxygen atoms in total. The number of methoxy groups -OCH3 is 1. The van der Waals surface area contributed by atoms with Crippen LogP contribution in [0.1, 0.15) is 26.2 Å². The van der Waals surface area contributed by atoms with Crippen LogP contribution in [0.3, 0.4) is 0 Å². The smallest absolute Gasteiger partial charge is 0.334 e. The van der Waals surface area contributed by atoms with Gasteiger partial charge in [-0.1, -0.05) is 12.5 Å². The molecule has 0 radical (unpaired) electrons. The molecule has 0 spiro atoms. The summed E-state index contributed by atoms with van der Waals surface area (Å²) < 4.78 is 6.04. The summed E-state index contributed by atoms with van der Waals surface area (Å²) in [5, 5.41) is 0. The lowest BCUT2D eigenvalue weighted by Gasteiger charge is -2.22. The van der Waals surface area contributed by atoms with Gasteiger partial charge in [0.25, 0.3) is 0 Å². The molecule has 2 rings (SSSR count). The maximum Gasteiger partial charge on any atom is 0.334 e. The first-order valence-corrected chi connectivity index (χ1v) is 6.39. The Hall–Kier alpha value is -0.320. The Labute approximate surface area is 104 Å².